The summed E-state index contributed by atoms with van der Waals surface area (Å²) in [6.07, 6.45) is 0. The lowest BCUT2D eigenvalue weighted by atomic mass is 10.1. The number of benzene rings is 2. The molecule has 0 saturated carbocycles. The van der Waals surface area contributed by atoms with E-state index in [-0.39, 0.29) is 0 Å². The number of nitrogens with zero attached hydrogens (tertiary/aromatic N) is 1. The maximum Gasteiger partial charge on any atom is 0.161 e. The fourth-order valence-corrected chi connectivity index (χ4v) is 3.15. The SMILES string of the molecule is S=c1scc(-c2ccccc2)n1Cc1ccccc1. The second-order valence-corrected chi connectivity index (χ2v) is 5.83. The largest absolute Gasteiger partial charge is 0.318 e. The van der Waals surface area contributed by atoms with E-state index in [0.717, 1.165) is 10.5 Å². The highest BCUT2D eigenvalue weighted by molar-refractivity contribution is 7.73. The van der Waals surface area contributed by atoms with Gasteiger partial charge in [0, 0.05) is 11.9 Å². The van der Waals surface area contributed by atoms with Crippen molar-refractivity contribution in [3.05, 3.63) is 75.6 Å². The number of thiazole rings is 1. The first-order valence-electron chi connectivity index (χ1n) is 6.12. The molecule has 94 valence electrons. The van der Waals surface area contributed by atoms with Gasteiger partial charge in [-0.3, -0.25) is 0 Å². The van der Waals surface area contributed by atoms with Gasteiger partial charge in [-0.15, -0.1) is 11.3 Å². The van der Waals surface area contributed by atoms with Crippen LogP contribution in [0, 0.1) is 3.95 Å². The Hall–Kier alpha value is -1.71. The summed E-state index contributed by atoms with van der Waals surface area (Å²) in [5.74, 6) is 0. The minimum atomic E-state index is 0.827. The molecule has 0 unspecified atom stereocenters. The summed E-state index contributed by atoms with van der Waals surface area (Å²) in [6, 6.07) is 20.8. The highest BCUT2D eigenvalue weighted by atomic mass is 32.1. The van der Waals surface area contributed by atoms with Gasteiger partial charge in [0.25, 0.3) is 0 Å². The molecule has 3 aromatic rings. The number of aromatic nitrogens is 1. The Morgan fingerprint density at radius 1 is 0.895 bits per heavy atom. The summed E-state index contributed by atoms with van der Waals surface area (Å²) >= 11 is 7.08. The molecule has 19 heavy (non-hydrogen) atoms. The van der Waals surface area contributed by atoms with E-state index in [1.807, 2.05) is 12.1 Å². The van der Waals surface area contributed by atoms with Crippen LogP contribution in [-0.2, 0) is 6.54 Å². The van der Waals surface area contributed by atoms with E-state index >= 15 is 0 Å². The lowest BCUT2D eigenvalue weighted by Gasteiger charge is -2.08. The summed E-state index contributed by atoms with van der Waals surface area (Å²) in [7, 11) is 0. The number of rotatable bonds is 3. The molecule has 1 aromatic heterocycles. The third-order valence-electron chi connectivity index (χ3n) is 3.04. The first-order chi connectivity index (χ1) is 9.34. The van der Waals surface area contributed by atoms with Gasteiger partial charge < -0.3 is 4.57 Å². The molecule has 0 aliphatic carbocycles. The lowest BCUT2D eigenvalue weighted by Crippen LogP contribution is -2.01. The minimum Gasteiger partial charge on any atom is -0.318 e. The van der Waals surface area contributed by atoms with Crippen molar-refractivity contribution in [3.8, 4) is 11.3 Å². The third-order valence-corrected chi connectivity index (χ3v) is 4.31. The number of hydrogen-bond donors (Lipinski definition) is 0. The van der Waals surface area contributed by atoms with Gasteiger partial charge in [0.05, 0.1) is 5.69 Å². The molecule has 0 amide bonds. The topological polar surface area (TPSA) is 4.93 Å². The Labute approximate surface area is 121 Å². The molecule has 0 atom stereocenters. The maximum atomic E-state index is 5.45. The van der Waals surface area contributed by atoms with Crippen molar-refractivity contribution in [2.24, 2.45) is 0 Å². The summed E-state index contributed by atoms with van der Waals surface area (Å²) < 4.78 is 3.12. The van der Waals surface area contributed by atoms with Gasteiger partial charge in [-0.1, -0.05) is 60.7 Å². The molecule has 0 aliphatic rings. The van der Waals surface area contributed by atoms with Crippen LogP contribution in [0.25, 0.3) is 11.3 Å². The zero-order valence-corrected chi connectivity index (χ0v) is 12.0. The Bertz CT molecular complexity index is 711. The molecule has 0 radical (unpaired) electrons. The highest BCUT2D eigenvalue weighted by Crippen LogP contribution is 2.24. The van der Waals surface area contributed by atoms with E-state index in [0.29, 0.717) is 0 Å². The van der Waals surface area contributed by atoms with Crippen LogP contribution in [0.3, 0.4) is 0 Å². The zero-order chi connectivity index (χ0) is 13.1. The van der Waals surface area contributed by atoms with E-state index < -0.39 is 0 Å². The first kappa shape index (κ1) is 12.3. The van der Waals surface area contributed by atoms with Crippen molar-refractivity contribution >= 4 is 23.6 Å². The average Bonchev–Trinajstić information content (AvgIpc) is 2.82. The Kier molecular flexibility index (Phi) is 3.58. The molecule has 1 nitrogen and oxygen atoms in total. The van der Waals surface area contributed by atoms with Gasteiger partial charge in [-0.25, -0.2) is 0 Å². The molecule has 3 heteroatoms. The van der Waals surface area contributed by atoms with Gasteiger partial charge in [0.15, 0.2) is 3.95 Å². The molecule has 0 aliphatic heterocycles. The highest BCUT2D eigenvalue weighted by Gasteiger charge is 2.06. The molecule has 0 fully saturated rings. The number of hydrogen-bond acceptors (Lipinski definition) is 2. The van der Waals surface area contributed by atoms with Crippen molar-refractivity contribution in [1.82, 2.24) is 4.57 Å². The van der Waals surface area contributed by atoms with Crippen LogP contribution in [0.2, 0.25) is 0 Å². The van der Waals surface area contributed by atoms with Crippen molar-refractivity contribution in [2.75, 3.05) is 0 Å². The monoisotopic (exact) mass is 283 g/mol. The fourth-order valence-electron chi connectivity index (χ4n) is 2.08. The van der Waals surface area contributed by atoms with Crippen LogP contribution < -0.4 is 0 Å². The van der Waals surface area contributed by atoms with Crippen LogP contribution in [0.4, 0.5) is 0 Å². The third kappa shape index (κ3) is 2.67. The standard InChI is InChI=1S/C16H13NS2/c18-16-17(11-13-7-3-1-4-8-13)15(12-19-16)14-9-5-2-6-10-14/h1-10,12H,11H2. The molecular formula is C16H13NS2. The van der Waals surface area contributed by atoms with Crippen LogP contribution >= 0.6 is 23.6 Å². The van der Waals surface area contributed by atoms with Gasteiger partial charge in [-0.2, -0.15) is 0 Å². The van der Waals surface area contributed by atoms with E-state index in [2.05, 4.69) is 58.5 Å². The summed E-state index contributed by atoms with van der Waals surface area (Å²) in [5, 5.41) is 2.14. The van der Waals surface area contributed by atoms with Crippen molar-refractivity contribution in [1.29, 1.82) is 0 Å². The zero-order valence-electron chi connectivity index (χ0n) is 10.3. The van der Waals surface area contributed by atoms with Crippen LogP contribution in [0.5, 0.6) is 0 Å². The van der Waals surface area contributed by atoms with Gasteiger partial charge in [0.2, 0.25) is 0 Å². The fraction of sp³-hybridized carbons (Fsp3) is 0.0625. The first-order valence-corrected chi connectivity index (χ1v) is 7.41. The van der Waals surface area contributed by atoms with Crippen LogP contribution in [0.1, 0.15) is 5.56 Å². The van der Waals surface area contributed by atoms with Crippen molar-refractivity contribution < 1.29 is 0 Å². The summed E-state index contributed by atoms with van der Waals surface area (Å²) in [4.78, 5) is 0. The predicted octanol–water partition coefficient (Wildman–Crippen LogP) is 4.99. The Balaban J connectivity index is 2.03. The van der Waals surface area contributed by atoms with E-state index in [1.165, 1.54) is 16.8 Å². The Morgan fingerprint density at radius 3 is 2.21 bits per heavy atom. The normalized spacial score (nSPS) is 10.5. The summed E-state index contributed by atoms with van der Waals surface area (Å²) in [6.45, 7) is 0.827. The van der Waals surface area contributed by atoms with Crippen LogP contribution in [-0.4, -0.2) is 4.57 Å². The van der Waals surface area contributed by atoms with Gasteiger partial charge in [-0.05, 0) is 23.3 Å². The molecule has 0 spiro atoms. The second kappa shape index (κ2) is 5.51. The molecule has 2 aromatic carbocycles. The molecular weight excluding hydrogens is 270 g/mol. The van der Waals surface area contributed by atoms with Gasteiger partial charge >= 0.3 is 0 Å². The molecule has 0 N–H and O–H groups in total. The molecule has 0 saturated heterocycles. The lowest BCUT2D eigenvalue weighted by molar-refractivity contribution is 0.809. The second-order valence-electron chi connectivity index (χ2n) is 4.32. The van der Waals surface area contributed by atoms with Crippen molar-refractivity contribution in [2.45, 2.75) is 6.54 Å². The van der Waals surface area contributed by atoms with Crippen molar-refractivity contribution in [3.63, 3.8) is 0 Å². The quantitative estimate of drug-likeness (QED) is 0.613. The van der Waals surface area contributed by atoms with Crippen LogP contribution in [0.15, 0.2) is 66.0 Å². The summed E-state index contributed by atoms with van der Waals surface area (Å²) in [5.41, 5.74) is 3.68. The predicted molar refractivity (Wildman–Crippen MR) is 84.1 cm³/mol. The smallest absolute Gasteiger partial charge is 0.161 e. The van der Waals surface area contributed by atoms with E-state index in [9.17, 15) is 0 Å². The van der Waals surface area contributed by atoms with E-state index in [1.54, 1.807) is 11.3 Å². The van der Waals surface area contributed by atoms with E-state index in [4.69, 9.17) is 12.2 Å². The maximum absolute atomic E-state index is 5.45. The minimum absolute atomic E-state index is 0.827. The average molecular weight is 283 g/mol. The Morgan fingerprint density at radius 2 is 1.53 bits per heavy atom. The van der Waals surface area contributed by atoms with Gasteiger partial charge in [0.1, 0.15) is 0 Å². The molecule has 0 bridgehead atoms. The molecule has 1 heterocycles. The molecule has 3 rings (SSSR count).